The van der Waals surface area contributed by atoms with Gasteiger partial charge in [-0.3, -0.25) is 9.48 Å². The van der Waals surface area contributed by atoms with Crippen molar-refractivity contribution in [2.24, 2.45) is 7.05 Å². The van der Waals surface area contributed by atoms with Crippen LogP contribution in [-0.2, 0) is 21.9 Å². The SMILES string of the molecule is CCS(=O)(=O)N1CC[C@@H]2[C@H]1CCC(=O)N2c1cnn(C)c1. The number of aromatic nitrogens is 2. The zero-order chi connectivity index (χ0) is 15.2. The Hall–Kier alpha value is -1.41. The fraction of sp³-hybridized carbons (Fsp3) is 0.692. The summed E-state index contributed by atoms with van der Waals surface area (Å²) in [5.41, 5.74) is 0.757. The van der Waals surface area contributed by atoms with Gasteiger partial charge in [-0.2, -0.15) is 9.40 Å². The first kappa shape index (κ1) is 14.5. The predicted octanol–water partition coefficient (Wildman–Crippen LogP) is 0.339. The molecule has 0 saturated carbocycles. The maximum Gasteiger partial charge on any atom is 0.227 e. The number of carbonyl (C=O) groups is 1. The lowest BCUT2D eigenvalue weighted by Crippen LogP contribution is -2.53. The summed E-state index contributed by atoms with van der Waals surface area (Å²) in [7, 11) is -1.41. The predicted molar refractivity (Wildman–Crippen MR) is 78.3 cm³/mol. The first-order chi connectivity index (χ1) is 9.94. The molecule has 0 unspecified atom stereocenters. The molecule has 1 aromatic rings. The van der Waals surface area contributed by atoms with Crippen molar-refractivity contribution in [3.05, 3.63) is 12.4 Å². The van der Waals surface area contributed by atoms with Crippen molar-refractivity contribution < 1.29 is 13.2 Å². The second-order valence-electron chi connectivity index (χ2n) is 5.61. The average molecular weight is 312 g/mol. The summed E-state index contributed by atoms with van der Waals surface area (Å²) >= 11 is 0. The molecule has 1 aromatic heterocycles. The smallest absolute Gasteiger partial charge is 0.227 e. The Morgan fingerprint density at radius 3 is 2.71 bits per heavy atom. The van der Waals surface area contributed by atoms with Gasteiger partial charge in [-0.1, -0.05) is 0 Å². The summed E-state index contributed by atoms with van der Waals surface area (Å²) in [6, 6.07) is -0.176. The Morgan fingerprint density at radius 1 is 1.33 bits per heavy atom. The second-order valence-corrected chi connectivity index (χ2v) is 7.82. The number of hydrogen-bond donors (Lipinski definition) is 0. The van der Waals surface area contributed by atoms with Gasteiger partial charge in [0, 0.05) is 32.3 Å². The van der Waals surface area contributed by atoms with Crippen LogP contribution in [0.5, 0.6) is 0 Å². The van der Waals surface area contributed by atoms with Gasteiger partial charge in [0.2, 0.25) is 15.9 Å². The fourth-order valence-electron chi connectivity index (χ4n) is 3.40. The van der Waals surface area contributed by atoms with Crippen molar-refractivity contribution in [3.8, 4) is 0 Å². The Labute approximate surface area is 124 Å². The highest BCUT2D eigenvalue weighted by Crippen LogP contribution is 2.35. The van der Waals surface area contributed by atoms with E-state index < -0.39 is 10.0 Å². The molecular weight excluding hydrogens is 292 g/mol. The molecule has 3 heterocycles. The molecule has 2 atom stereocenters. The standard InChI is InChI=1S/C13H20N4O3S/c1-3-21(19,20)16-7-6-12-11(16)4-5-13(18)17(12)10-8-14-15(2)9-10/h8-9,11-12H,3-7H2,1-2H3/t11-,12-/m1/s1. The first-order valence-corrected chi connectivity index (χ1v) is 8.85. The molecule has 0 N–H and O–H groups in total. The molecule has 2 aliphatic heterocycles. The molecule has 116 valence electrons. The number of amides is 1. The van der Waals surface area contributed by atoms with Crippen LogP contribution in [0.25, 0.3) is 0 Å². The molecule has 21 heavy (non-hydrogen) atoms. The van der Waals surface area contributed by atoms with E-state index in [0.717, 1.165) is 5.69 Å². The molecule has 8 heteroatoms. The maximum absolute atomic E-state index is 12.3. The number of aryl methyl sites for hydroxylation is 1. The molecular formula is C13H20N4O3S. The van der Waals surface area contributed by atoms with Gasteiger partial charge in [0.25, 0.3) is 0 Å². The molecule has 0 spiro atoms. The third kappa shape index (κ3) is 2.36. The number of hydrogen-bond acceptors (Lipinski definition) is 4. The van der Waals surface area contributed by atoms with E-state index in [1.807, 2.05) is 0 Å². The van der Waals surface area contributed by atoms with Gasteiger partial charge in [-0.05, 0) is 19.8 Å². The van der Waals surface area contributed by atoms with Crippen molar-refractivity contribution in [2.75, 3.05) is 17.2 Å². The lowest BCUT2D eigenvalue weighted by Gasteiger charge is -2.38. The minimum atomic E-state index is -3.21. The zero-order valence-electron chi connectivity index (χ0n) is 12.3. The van der Waals surface area contributed by atoms with Gasteiger partial charge >= 0.3 is 0 Å². The third-order valence-corrected chi connectivity index (χ3v) is 6.30. The van der Waals surface area contributed by atoms with E-state index in [9.17, 15) is 13.2 Å². The van der Waals surface area contributed by atoms with Crippen LogP contribution in [0, 0.1) is 0 Å². The summed E-state index contributed by atoms with van der Waals surface area (Å²) < 4.78 is 27.6. The van der Waals surface area contributed by atoms with Crippen LogP contribution in [0.4, 0.5) is 5.69 Å². The van der Waals surface area contributed by atoms with Crippen LogP contribution in [-0.4, -0.2) is 52.8 Å². The van der Waals surface area contributed by atoms with Gasteiger partial charge in [-0.25, -0.2) is 8.42 Å². The van der Waals surface area contributed by atoms with Crippen molar-refractivity contribution in [3.63, 3.8) is 0 Å². The van der Waals surface area contributed by atoms with E-state index in [1.54, 1.807) is 40.3 Å². The molecule has 3 rings (SSSR count). The zero-order valence-corrected chi connectivity index (χ0v) is 13.1. The molecule has 1 amide bonds. The largest absolute Gasteiger partial charge is 0.305 e. The van der Waals surface area contributed by atoms with Crippen LogP contribution in [0.1, 0.15) is 26.2 Å². The maximum atomic E-state index is 12.3. The minimum Gasteiger partial charge on any atom is -0.305 e. The number of sulfonamides is 1. The average Bonchev–Trinajstić information content (AvgIpc) is 3.05. The van der Waals surface area contributed by atoms with Crippen LogP contribution in [0.3, 0.4) is 0 Å². The number of fused-ring (bicyclic) bond motifs is 1. The number of rotatable bonds is 3. The summed E-state index contributed by atoms with van der Waals surface area (Å²) in [6.07, 6.45) is 5.14. The van der Waals surface area contributed by atoms with Gasteiger partial charge < -0.3 is 4.90 Å². The van der Waals surface area contributed by atoms with Crippen molar-refractivity contribution in [1.82, 2.24) is 14.1 Å². The number of anilines is 1. The molecule has 0 radical (unpaired) electrons. The van der Waals surface area contributed by atoms with Crippen molar-refractivity contribution in [2.45, 2.75) is 38.3 Å². The second kappa shape index (κ2) is 5.10. The van der Waals surface area contributed by atoms with Gasteiger partial charge in [0.05, 0.1) is 23.7 Å². The summed E-state index contributed by atoms with van der Waals surface area (Å²) in [5.74, 6) is 0.164. The van der Waals surface area contributed by atoms with Crippen molar-refractivity contribution >= 4 is 21.6 Å². The summed E-state index contributed by atoms with van der Waals surface area (Å²) in [6.45, 7) is 2.16. The normalized spacial score (nSPS) is 27.1. The van der Waals surface area contributed by atoms with E-state index in [-0.39, 0.29) is 23.7 Å². The highest BCUT2D eigenvalue weighted by molar-refractivity contribution is 7.89. The van der Waals surface area contributed by atoms with Crippen LogP contribution in [0.15, 0.2) is 12.4 Å². The first-order valence-electron chi connectivity index (χ1n) is 7.24. The monoisotopic (exact) mass is 312 g/mol. The molecule has 2 saturated heterocycles. The Bertz CT molecular complexity index is 654. The van der Waals surface area contributed by atoms with Crippen LogP contribution < -0.4 is 4.90 Å². The fourth-order valence-corrected chi connectivity index (χ4v) is 4.78. The highest BCUT2D eigenvalue weighted by atomic mass is 32.2. The van der Waals surface area contributed by atoms with E-state index in [1.165, 1.54) is 0 Å². The van der Waals surface area contributed by atoms with E-state index in [2.05, 4.69) is 5.10 Å². The number of nitrogens with zero attached hydrogens (tertiary/aromatic N) is 4. The Kier molecular flexibility index (Phi) is 3.53. The quantitative estimate of drug-likeness (QED) is 0.806. The van der Waals surface area contributed by atoms with E-state index in [4.69, 9.17) is 0 Å². The Morgan fingerprint density at radius 2 is 2.10 bits per heavy atom. The highest BCUT2D eigenvalue weighted by Gasteiger charge is 2.47. The van der Waals surface area contributed by atoms with Gasteiger partial charge in [0.15, 0.2) is 0 Å². The third-order valence-electron chi connectivity index (χ3n) is 4.41. The summed E-state index contributed by atoms with van der Waals surface area (Å²) in [5, 5.41) is 4.12. The molecule has 0 aliphatic carbocycles. The number of piperidine rings is 1. The van der Waals surface area contributed by atoms with Crippen LogP contribution in [0.2, 0.25) is 0 Å². The molecule has 0 bridgehead atoms. The number of carbonyl (C=O) groups excluding carboxylic acids is 1. The minimum absolute atomic E-state index is 0.0556. The molecule has 2 fully saturated rings. The molecule has 7 nitrogen and oxygen atoms in total. The van der Waals surface area contributed by atoms with Crippen LogP contribution >= 0.6 is 0 Å². The molecule has 2 aliphatic rings. The molecule has 0 aromatic carbocycles. The Balaban J connectivity index is 1.92. The topological polar surface area (TPSA) is 75.5 Å². The summed E-state index contributed by atoms with van der Waals surface area (Å²) in [4.78, 5) is 14.0. The van der Waals surface area contributed by atoms with Gasteiger partial charge in [-0.15, -0.1) is 0 Å². The van der Waals surface area contributed by atoms with E-state index >= 15 is 0 Å². The lowest BCUT2D eigenvalue weighted by atomic mass is 9.96. The van der Waals surface area contributed by atoms with E-state index in [0.29, 0.717) is 25.8 Å². The van der Waals surface area contributed by atoms with Crippen molar-refractivity contribution in [1.29, 1.82) is 0 Å². The van der Waals surface area contributed by atoms with Gasteiger partial charge in [0.1, 0.15) is 0 Å². The lowest BCUT2D eigenvalue weighted by molar-refractivity contribution is -0.120.